The Labute approximate surface area is 140 Å². The molecule has 5 nitrogen and oxygen atoms in total. The number of methoxy groups -OCH3 is 1. The summed E-state index contributed by atoms with van der Waals surface area (Å²) in [7, 11) is 1.84. The van der Waals surface area contributed by atoms with Gasteiger partial charge in [0.2, 0.25) is 5.91 Å². The van der Waals surface area contributed by atoms with E-state index in [1.54, 1.807) is 0 Å². The molecule has 3 fully saturated rings. The second-order valence-corrected chi connectivity index (χ2v) is 7.80. The molecule has 0 N–H and O–H groups in total. The largest absolute Gasteiger partial charge is 0.381 e. The van der Waals surface area contributed by atoms with Crippen molar-refractivity contribution in [3.05, 3.63) is 0 Å². The predicted octanol–water partition coefficient (Wildman–Crippen LogP) is 1.90. The van der Waals surface area contributed by atoms with Gasteiger partial charge in [-0.2, -0.15) is 0 Å². The summed E-state index contributed by atoms with van der Waals surface area (Å²) in [6.45, 7) is 8.80. The fourth-order valence-corrected chi connectivity index (χ4v) is 4.65. The highest BCUT2D eigenvalue weighted by atomic mass is 16.5. The number of rotatable bonds is 4. The van der Waals surface area contributed by atoms with Crippen molar-refractivity contribution in [2.45, 2.75) is 63.6 Å². The van der Waals surface area contributed by atoms with Crippen LogP contribution < -0.4 is 0 Å². The van der Waals surface area contributed by atoms with Crippen molar-refractivity contribution in [2.24, 2.45) is 5.92 Å². The zero-order chi connectivity index (χ0) is 16.4. The lowest BCUT2D eigenvalue weighted by molar-refractivity contribution is -0.208. The highest BCUT2D eigenvalue weighted by Crippen LogP contribution is 2.44. The van der Waals surface area contributed by atoms with Gasteiger partial charge in [-0.05, 0) is 31.6 Å². The molecule has 0 bridgehead atoms. The van der Waals surface area contributed by atoms with E-state index in [1.165, 1.54) is 0 Å². The van der Waals surface area contributed by atoms with Gasteiger partial charge >= 0.3 is 0 Å². The van der Waals surface area contributed by atoms with E-state index in [0.717, 1.165) is 58.5 Å². The molecule has 3 saturated heterocycles. The van der Waals surface area contributed by atoms with Crippen molar-refractivity contribution in [1.29, 1.82) is 0 Å². The summed E-state index contributed by atoms with van der Waals surface area (Å²) in [4.78, 5) is 17.0. The molecular weight excluding hydrogens is 292 g/mol. The second kappa shape index (κ2) is 7.08. The fourth-order valence-electron chi connectivity index (χ4n) is 4.65. The van der Waals surface area contributed by atoms with Crippen LogP contribution in [-0.2, 0) is 14.3 Å². The van der Waals surface area contributed by atoms with Crippen LogP contribution >= 0.6 is 0 Å². The Kier molecular flexibility index (Phi) is 5.29. The van der Waals surface area contributed by atoms with Gasteiger partial charge in [0.05, 0.1) is 11.6 Å². The van der Waals surface area contributed by atoms with E-state index in [0.29, 0.717) is 30.4 Å². The summed E-state index contributed by atoms with van der Waals surface area (Å²) in [6, 6.07) is 0.600. The zero-order valence-electron chi connectivity index (χ0n) is 14.9. The number of amides is 1. The first kappa shape index (κ1) is 17.2. The number of nitrogens with zero attached hydrogens (tertiary/aromatic N) is 2. The van der Waals surface area contributed by atoms with Crippen LogP contribution in [0.4, 0.5) is 0 Å². The molecular formula is C18H32N2O3. The van der Waals surface area contributed by atoms with Gasteiger partial charge in [-0.3, -0.25) is 9.69 Å². The van der Waals surface area contributed by atoms with Crippen molar-refractivity contribution in [3.8, 4) is 0 Å². The zero-order valence-corrected chi connectivity index (χ0v) is 14.9. The average molecular weight is 324 g/mol. The minimum absolute atomic E-state index is 0.196. The van der Waals surface area contributed by atoms with Gasteiger partial charge in [-0.25, -0.2) is 0 Å². The minimum atomic E-state index is 0.196. The number of piperidine rings is 1. The standard InChI is InChI=1S/C18H32N2O3/c1-14(2)12-17(21)19-8-4-15(5-9-19)20-13-16(22-3)18(20)6-10-23-11-7-18/h14-16H,4-13H2,1-3H3. The topological polar surface area (TPSA) is 42.0 Å². The summed E-state index contributed by atoms with van der Waals surface area (Å²) in [5, 5.41) is 0. The van der Waals surface area contributed by atoms with Crippen LogP contribution in [0.3, 0.4) is 0 Å². The normalized spacial score (nSPS) is 29.0. The highest BCUT2D eigenvalue weighted by Gasteiger charge is 2.56. The van der Waals surface area contributed by atoms with Crippen LogP contribution in [0, 0.1) is 5.92 Å². The lowest BCUT2D eigenvalue weighted by Gasteiger charge is -2.63. The Hall–Kier alpha value is -0.650. The second-order valence-electron chi connectivity index (χ2n) is 7.80. The predicted molar refractivity (Wildman–Crippen MR) is 89.3 cm³/mol. The quantitative estimate of drug-likeness (QED) is 0.792. The average Bonchev–Trinajstić information content (AvgIpc) is 2.55. The Balaban J connectivity index is 1.56. The molecule has 3 rings (SSSR count). The number of ether oxygens (including phenoxy) is 2. The van der Waals surface area contributed by atoms with E-state index in [4.69, 9.17) is 9.47 Å². The maximum Gasteiger partial charge on any atom is 0.222 e. The van der Waals surface area contributed by atoms with Crippen LogP contribution in [0.25, 0.3) is 0 Å². The van der Waals surface area contributed by atoms with Crippen molar-refractivity contribution in [3.63, 3.8) is 0 Å². The first-order valence-corrected chi connectivity index (χ1v) is 9.22. The molecule has 0 radical (unpaired) electrons. The molecule has 0 aromatic rings. The summed E-state index contributed by atoms with van der Waals surface area (Å²) < 4.78 is 11.3. The van der Waals surface area contributed by atoms with E-state index >= 15 is 0 Å². The number of hydrogen-bond donors (Lipinski definition) is 0. The molecule has 1 atom stereocenters. The van der Waals surface area contributed by atoms with Crippen molar-refractivity contribution >= 4 is 5.91 Å². The summed E-state index contributed by atoms with van der Waals surface area (Å²) in [5.41, 5.74) is 0.196. The molecule has 3 heterocycles. The van der Waals surface area contributed by atoms with Gasteiger partial charge in [0.1, 0.15) is 0 Å². The van der Waals surface area contributed by atoms with E-state index in [9.17, 15) is 4.79 Å². The summed E-state index contributed by atoms with van der Waals surface area (Å²) in [6.07, 6.45) is 5.40. The monoisotopic (exact) mass is 324 g/mol. The third-order valence-electron chi connectivity index (χ3n) is 6.02. The molecule has 5 heteroatoms. The third-order valence-corrected chi connectivity index (χ3v) is 6.02. The smallest absolute Gasteiger partial charge is 0.222 e. The molecule has 23 heavy (non-hydrogen) atoms. The van der Waals surface area contributed by atoms with Gasteiger partial charge in [-0.1, -0.05) is 13.8 Å². The van der Waals surface area contributed by atoms with Gasteiger partial charge in [0, 0.05) is 52.4 Å². The van der Waals surface area contributed by atoms with Gasteiger partial charge in [0.25, 0.3) is 0 Å². The van der Waals surface area contributed by atoms with Gasteiger partial charge in [-0.15, -0.1) is 0 Å². The minimum Gasteiger partial charge on any atom is -0.381 e. The maximum atomic E-state index is 12.2. The third kappa shape index (κ3) is 3.28. The van der Waals surface area contributed by atoms with Crippen LogP contribution in [0.1, 0.15) is 46.0 Å². The van der Waals surface area contributed by atoms with Crippen molar-refractivity contribution in [1.82, 2.24) is 9.80 Å². The number of likely N-dealkylation sites (tertiary alicyclic amines) is 2. The molecule has 0 aromatic carbocycles. The molecule has 132 valence electrons. The van der Waals surface area contributed by atoms with Gasteiger partial charge < -0.3 is 14.4 Å². The van der Waals surface area contributed by atoms with E-state index in [2.05, 4.69) is 23.6 Å². The molecule has 1 amide bonds. The lowest BCUT2D eigenvalue weighted by Crippen LogP contribution is -2.75. The molecule has 1 unspecified atom stereocenters. The molecule has 3 aliphatic rings. The van der Waals surface area contributed by atoms with Crippen molar-refractivity contribution < 1.29 is 14.3 Å². The van der Waals surface area contributed by atoms with Crippen LogP contribution in [0.15, 0.2) is 0 Å². The molecule has 0 aliphatic carbocycles. The Morgan fingerprint density at radius 3 is 2.48 bits per heavy atom. The Morgan fingerprint density at radius 2 is 1.91 bits per heavy atom. The Bertz CT molecular complexity index is 412. The molecule has 1 spiro atoms. The lowest BCUT2D eigenvalue weighted by atomic mass is 9.73. The number of carbonyl (C=O) groups excluding carboxylic acids is 1. The SMILES string of the molecule is COC1CN(C2CCN(C(=O)CC(C)C)CC2)C12CCOCC2. The first-order chi connectivity index (χ1) is 11.1. The molecule has 3 aliphatic heterocycles. The van der Waals surface area contributed by atoms with Crippen LogP contribution in [-0.4, -0.2) is 73.3 Å². The van der Waals surface area contributed by atoms with Crippen LogP contribution in [0.5, 0.6) is 0 Å². The summed E-state index contributed by atoms with van der Waals surface area (Å²) >= 11 is 0. The van der Waals surface area contributed by atoms with E-state index in [1.807, 2.05) is 7.11 Å². The van der Waals surface area contributed by atoms with E-state index in [-0.39, 0.29) is 5.54 Å². The van der Waals surface area contributed by atoms with Gasteiger partial charge in [0.15, 0.2) is 0 Å². The Morgan fingerprint density at radius 1 is 1.26 bits per heavy atom. The highest BCUT2D eigenvalue weighted by molar-refractivity contribution is 5.76. The first-order valence-electron chi connectivity index (χ1n) is 9.22. The maximum absolute atomic E-state index is 12.2. The molecule has 0 aromatic heterocycles. The van der Waals surface area contributed by atoms with Crippen LogP contribution in [0.2, 0.25) is 0 Å². The van der Waals surface area contributed by atoms with E-state index < -0.39 is 0 Å². The molecule has 0 saturated carbocycles. The summed E-state index contributed by atoms with van der Waals surface area (Å²) in [5.74, 6) is 0.779. The fraction of sp³-hybridized carbons (Fsp3) is 0.944. The van der Waals surface area contributed by atoms with Crippen molar-refractivity contribution in [2.75, 3.05) is 40.0 Å². The number of carbonyl (C=O) groups is 1. The number of hydrogen-bond acceptors (Lipinski definition) is 4.